The first-order chi connectivity index (χ1) is 13.5. The van der Waals surface area contributed by atoms with E-state index < -0.39 is 10.1 Å². The minimum atomic E-state index is -3.72. The number of fused-ring (bicyclic) bond motifs is 2. The first kappa shape index (κ1) is 17.0. The van der Waals surface area contributed by atoms with Gasteiger partial charge in [-0.3, -0.25) is 0 Å². The summed E-state index contributed by atoms with van der Waals surface area (Å²) in [7, 11) is -3.72. The molecular formula is C22H18N2O3S. The lowest BCUT2D eigenvalue weighted by atomic mass is 9.91. The molecule has 5 rings (SSSR count). The van der Waals surface area contributed by atoms with Gasteiger partial charge >= 0.3 is 10.1 Å². The maximum Gasteiger partial charge on any atom is 0.311 e. The van der Waals surface area contributed by atoms with Crippen LogP contribution in [0.2, 0.25) is 0 Å². The van der Waals surface area contributed by atoms with Gasteiger partial charge in [0.2, 0.25) is 5.88 Å². The first-order valence-corrected chi connectivity index (χ1v) is 10.7. The molecule has 0 bridgehead atoms. The zero-order valence-electron chi connectivity index (χ0n) is 15.2. The van der Waals surface area contributed by atoms with E-state index in [4.69, 9.17) is 4.18 Å². The van der Waals surface area contributed by atoms with Gasteiger partial charge in [-0.15, -0.1) is 0 Å². The molecule has 5 nitrogen and oxygen atoms in total. The van der Waals surface area contributed by atoms with Gasteiger partial charge in [0, 0.05) is 11.5 Å². The Morgan fingerprint density at radius 2 is 1.68 bits per heavy atom. The Morgan fingerprint density at radius 3 is 2.46 bits per heavy atom. The number of aryl methyl sites for hydroxylation is 1. The summed E-state index contributed by atoms with van der Waals surface area (Å²) in [6.07, 6.45) is 0. The Labute approximate surface area is 163 Å². The minimum absolute atomic E-state index is 0.0976. The van der Waals surface area contributed by atoms with Crippen molar-refractivity contribution in [2.75, 3.05) is 5.75 Å². The van der Waals surface area contributed by atoms with Gasteiger partial charge < -0.3 is 4.18 Å². The fourth-order valence-corrected chi connectivity index (χ4v) is 5.11. The van der Waals surface area contributed by atoms with Crippen LogP contribution < -0.4 is 4.18 Å². The van der Waals surface area contributed by atoms with Crippen LogP contribution in [0, 0.1) is 6.92 Å². The lowest BCUT2D eigenvalue weighted by molar-refractivity contribution is 0.446. The predicted octanol–water partition coefficient (Wildman–Crippen LogP) is 4.19. The molecule has 0 spiro atoms. The molecule has 1 aliphatic heterocycles. The van der Waals surface area contributed by atoms with Gasteiger partial charge in [0.05, 0.1) is 17.1 Å². The summed E-state index contributed by atoms with van der Waals surface area (Å²) < 4.78 is 32.2. The van der Waals surface area contributed by atoms with E-state index >= 15 is 0 Å². The smallest absolute Gasteiger partial charge is 0.311 e. The van der Waals surface area contributed by atoms with Crippen molar-refractivity contribution < 1.29 is 12.6 Å². The maximum absolute atomic E-state index is 12.6. The standard InChI is InChI=1S/C22H18N2O3S/c1-15-21-20(18-12-11-16-7-5-6-8-17(16)13-18)14-28(25,26)27-22(21)24(23-15)19-9-3-2-4-10-19/h2-13,20H,14H2,1H3. The molecule has 6 heteroatoms. The fraction of sp³-hybridized carbons (Fsp3) is 0.136. The van der Waals surface area contributed by atoms with Crippen molar-refractivity contribution in [2.24, 2.45) is 0 Å². The molecule has 0 saturated carbocycles. The average Bonchev–Trinajstić information content (AvgIpc) is 3.03. The van der Waals surface area contributed by atoms with Gasteiger partial charge in [-0.25, -0.2) is 0 Å². The summed E-state index contributed by atoms with van der Waals surface area (Å²) in [6.45, 7) is 1.90. The molecule has 0 N–H and O–H groups in total. The number of para-hydroxylation sites is 1. The molecule has 3 aromatic carbocycles. The molecule has 0 saturated heterocycles. The summed E-state index contributed by atoms with van der Waals surface area (Å²) in [5.41, 5.74) is 3.31. The molecule has 1 atom stereocenters. The van der Waals surface area contributed by atoms with Crippen LogP contribution in [-0.4, -0.2) is 24.0 Å². The second-order valence-corrected chi connectivity index (χ2v) is 8.63. The van der Waals surface area contributed by atoms with E-state index in [-0.39, 0.29) is 17.6 Å². The van der Waals surface area contributed by atoms with Crippen LogP contribution in [0.15, 0.2) is 72.8 Å². The highest BCUT2D eigenvalue weighted by molar-refractivity contribution is 7.87. The number of aromatic nitrogens is 2. The van der Waals surface area contributed by atoms with Crippen LogP contribution in [0.3, 0.4) is 0 Å². The van der Waals surface area contributed by atoms with E-state index in [9.17, 15) is 8.42 Å². The highest BCUT2D eigenvalue weighted by atomic mass is 32.2. The molecule has 4 aromatic rings. The second kappa shape index (κ2) is 6.21. The van der Waals surface area contributed by atoms with Crippen molar-refractivity contribution in [3.63, 3.8) is 0 Å². The SMILES string of the molecule is Cc1nn(-c2ccccc2)c2c1C(c1ccc3ccccc3c1)CS(=O)(=O)O2. The number of rotatable bonds is 2. The molecule has 0 aliphatic carbocycles. The lowest BCUT2D eigenvalue weighted by Gasteiger charge is -2.24. The fourth-order valence-electron chi connectivity index (χ4n) is 3.87. The molecule has 0 radical (unpaired) electrons. The number of hydrogen-bond donors (Lipinski definition) is 0. The molecular weight excluding hydrogens is 372 g/mol. The van der Waals surface area contributed by atoms with E-state index in [1.807, 2.05) is 73.7 Å². The third-order valence-electron chi connectivity index (χ3n) is 5.16. The number of benzene rings is 3. The van der Waals surface area contributed by atoms with Gasteiger partial charge in [-0.05, 0) is 35.4 Å². The highest BCUT2D eigenvalue weighted by Gasteiger charge is 2.37. The largest absolute Gasteiger partial charge is 0.361 e. The van der Waals surface area contributed by atoms with Gasteiger partial charge in [0.1, 0.15) is 0 Å². The topological polar surface area (TPSA) is 61.2 Å². The van der Waals surface area contributed by atoms with Crippen molar-refractivity contribution in [1.82, 2.24) is 9.78 Å². The number of hydrogen-bond acceptors (Lipinski definition) is 4. The quantitative estimate of drug-likeness (QED) is 0.482. The van der Waals surface area contributed by atoms with Gasteiger partial charge in [-0.2, -0.15) is 18.2 Å². The van der Waals surface area contributed by atoms with Crippen LogP contribution in [0.4, 0.5) is 0 Å². The Balaban J connectivity index is 1.72. The molecule has 0 fully saturated rings. The molecule has 140 valence electrons. The van der Waals surface area contributed by atoms with Crippen molar-refractivity contribution >= 4 is 20.9 Å². The van der Waals surface area contributed by atoms with E-state index in [0.29, 0.717) is 0 Å². The Kier molecular flexibility index (Phi) is 3.77. The zero-order valence-corrected chi connectivity index (χ0v) is 16.1. The monoisotopic (exact) mass is 390 g/mol. The molecule has 1 aliphatic rings. The van der Waals surface area contributed by atoms with Crippen LogP contribution in [0.25, 0.3) is 16.5 Å². The number of nitrogens with zero attached hydrogens (tertiary/aromatic N) is 2. The third-order valence-corrected chi connectivity index (χ3v) is 6.32. The third kappa shape index (κ3) is 2.77. The summed E-state index contributed by atoms with van der Waals surface area (Å²) in [6, 6.07) is 23.6. The van der Waals surface area contributed by atoms with E-state index in [1.165, 1.54) is 0 Å². The molecule has 1 unspecified atom stereocenters. The van der Waals surface area contributed by atoms with Crippen LogP contribution in [0.1, 0.15) is 22.7 Å². The summed E-state index contributed by atoms with van der Waals surface area (Å²) in [4.78, 5) is 0. The Morgan fingerprint density at radius 1 is 0.964 bits per heavy atom. The second-order valence-electron chi connectivity index (χ2n) is 7.02. The minimum Gasteiger partial charge on any atom is -0.361 e. The summed E-state index contributed by atoms with van der Waals surface area (Å²) in [5, 5.41) is 6.80. The first-order valence-electron chi connectivity index (χ1n) is 9.08. The summed E-state index contributed by atoms with van der Waals surface area (Å²) >= 11 is 0. The molecule has 2 heterocycles. The van der Waals surface area contributed by atoms with Crippen LogP contribution in [-0.2, 0) is 10.1 Å². The lowest BCUT2D eigenvalue weighted by Crippen LogP contribution is -2.27. The van der Waals surface area contributed by atoms with Crippen LogP contribution >= 0.6 is 0 Å². The normalized spacial score (nSPS) is 17.8. The Bertz CT molecular complexity index is 1290. The molecule has 0 amide bonds. The molecule has 1 aromatic heterocycles. The maximum atomic E-state index is 12.6. The van der Waals surface area contributed by atoms with E-state index in [2.05, 4.69) is 11.2 Å². The van der Waals surface area contributed by atoms with Crippen molar-refractivity contribution in [2.45, 2.75) is 12.8 Å². The van der Waals surface area contributed by atoms with E-state index in [1.54, 1.807) is 4.68 Å². The summed E-state index contributed by atoms with van der Waals surface area (Å²) in [5.74, 6) is -0.136. The van der Waals surface area contributed by atoms with Crippen LogP contribution in [0.5, 0.6) is 5.88 Å². The van der Waals surface area contributed by atoms with Gasteiger partial charge in [-0.1, -0.05) is 60.7 Å². The van der Waals surface area contributed by atoms with E-state index in [0.717, 1.165) is 33.3 Å². The Hall–Kier alpha value is -3.12. The predicted molar refractivity (Wildman–Crippen MR) is 109 cm³/mol. The highest BCUT2D eigenvalue weighted by Crippen LogP contribution is 2.42. The van der Waals surface area contributed by atoms with Crippen molar-refractivity contribution in [3.05, 3.63) is 89.6 Å². The van der Waals surface area contributed by atoms with Crippen molar-refractivity contribution in [3.8, 4) is 11.6 Å². The van der Waals surface area contributed by atoms with Gasteiger partial charge in [0.15, 0.2) is 0 Å². The van der Waals surface area contributed by atoms with Crippen molar-refractivity contribution in [1.29, 1.82) is 0 Å². The average molecular weight is 390 g/mol. The molecule has 28 heavy (non-hydrogen) atoms. The van der Waals surface area contributed by atoms with Gasteiger partial charge in [0.25, 0.3) is 0 Å². The zero-order chi connectivity index (χ0) is 19.3.